The summed E-state index contributed by atoms with van der Waals surface area (Å²) in [6, 6.07) is 5.22. The van der Waals surface area contributed by atoms with Crippen LogP contribution in [0.25, 0.3) is 0 Å². The lowest BCUT2D eigenvalue weighted by molar-refractivity contribution is 0.0492. The van der Waals surface area contributed by atoms with E-state index in [0.717, 1.165) is 37.5 Å². The number of carbonyl (C=O) groups excluding carboxylic acids is 1. The van der Waals surface area contributed by atoms with Gasteiger partial charge in [0.25, 0.3) is 0 Å². The first kappa shape index (κ1) is 25.1. The topological polar surface area (TPSA) is 99.1 Å². The maximum absolute atomic E-state index is 14.8. The van der Waals surface area contributed by atoms with Gasteiger partial charge in [0.2, 0.25) is 0 Å². The summed E-state index contributed by atoms with van der Waals surface area (Å²) in [5, 5.41) is 18.0. The molecule has 1 aromatic carbocycles. The van der Waals surface area contributed by atoms with Crippen molar-refractivity contribution in [1.29, 1.82) is 5.26 Å². The number of hydrogen-bond donors (Lipinski definition) is 3. The number of rotatable bonds is 7. The van der Waals surface area contributed by atoms with Gasteiger partial charge in [0.15, 0.2) is 29.1 Å². The van der Waals surface area contributed by atoms with Gasteiger partial charge in [0, 0.05) is 17.8 Å². The van der Waals surface area contributed by atoms with Crippen LogP contribution >= 0.6 is 0 Å². The van der Waals surface area contributed by atoms with Crippen molar-refractivity contribution in [3.05, 3.63) is 47.3 Å². The van der Waals surface area contributed by atoms with E-state index in [0.29, 0.717) is 0 Å². The van der Waals surface area contributed by atoms with Crippen molar-refractivity contribution in [3.8, 4) is 6.07 Å². The molecule has 1 heterocycles. The summed E-state index contributed by atoms with van der Waals surface area (Å²) in [5.74, 6) is -2.81. The van der Waals surface area contributed by atoms with Crippen molar-refractivity contribution in [2.75, 3.05) is 10.6 Å². The molecule has 0 unspecified atom stereocenters. The van der Waals surface area contributed by atoms with Gasteiger partial charge in [-0.3, -0.25) is 0 Å². The van der Waals surface area contributed by atoms with E-state index >= 15 is 0 Å². The highest BCUT2D eigenvalue weighted by atomic mass is 19.2. The Balaban J connectivity index is 1.84. The summed E-state index contributed by atoms with van der Waals surface area (Å²) in [4.78, 5) is 16.5. The summed E-state index contributed by atoms with van der Waals surface area (Å²) < 4.78 is 47.0. The second-order valence-electron chi connectivity index (χ2n) is 9.38. The highest BCUT2D eigenvalue weighted by molar-refractivity contribution is 5.68. The van der Waals surface area contributed by atoms with Crippen LogP contribution in [0.4, 0.5) is 35.3 Å². The van der Waals surface area contributed by atoms with Crippen LogP contribution in [0.15, 0.2) is 24.3 Å². The van der Waals surface area contributed by atoms with E-state index in [-0.39, 0.29) is 34.8 Å². The second kappa shape index (κ2) is 10.2. The smallest absolute Gasteiger partial charge is 0.407 e. The van der Waals surface area contributed by atoms with Crippen molar-refractivity contribution in [2.45, 2.75) is 64.6 Å². The lowest BCUT2D eigenvalue weighted by atomic mass is 9.77. The average Bonchev–Trinajstić information content (AvgIpc) is 2.69. The molecule has 7 nitrogen and oxygen atoms in total. The Morgan fingerprint density at radius 2 is 1.85 bits per heavy atom. The molecule has 0 spiro atoms. The summed E-state index contributed by atoms with van der Waals surface area (Å²) in [6.45, 7) is 7.07. The zero-order valence-corrected chi connectivity index (χ0v) is 19.5. The number of carbonyl (C=O) groups is 1. The van der Waals surface area contributed by atoms with Crippen molar-refractivity contribution in [3.63, 3.8) is 0 Å². The van der Waals surface area contributed by atoms with Crippen molar-refractivity contribution >= 4 is 23.4 Å². The summed E-state index contributed by atoms with van der Waals surface area (Å²) in [7, 11) is 0. The first-order chi connectivity index (χ1) is 16.0. The predicted octanol–water partition coefficient (Wildman–Crippen LogP) is 5.61. The van der Waals surface area contributed by atoms with Gasteiger partial charge in [-0.15, -0.1) is 0 Å². The van der Waals surface area contributed by atoms with Gasteiger partial charge < -0.3 is 20.7 Å². The van der Waals surface area contributed by atoms with Gasteiger partial charge in [-0.25, -0.2) is 22.9 Å². The lowest BCUT2D eigenvalue weighted by Gasteiger charge is -2.38. The Hall–Kier alpha value is -3.48. The molecule has 0 radical (unpaired) electrons. The molecule has 1 saturated carbocycles. The first-order valence-electron chi connectivity index (χ1n) is 11.1. The van der Waals surface area contributed by atoms with Crippen LogP contribution in [-0.4, -0.2) is 28.8 Å². The van der Waals surface area contributed by atoms with Gasteiger partial charge in [-0.1, -0.05) is 6.42 Å². The Kier molecular flexibility index (Phi) is 7.54. The number of amides is 1. The zero-order chi connectivity index (χ0) is 25.0. The van der Waals surface area contributed by atoms with Gasteiger partial charge >= 0.3 is 6.09 Å². The summed E-state index contributed by atoms with van der Waals surface area (Å²) in [6.07, 6.45) is 2.24. The van der Waals surface area contributed by atoms with Crippen molar-refractivity contribution < 1.29 is 22.7 Å². The van der Waals surface area contributed by atoms with Crippen LogP contribution in [0.5, 0.6) is 0 Å². The van der Waals surface area contributed by atoms with Crippen LogP contribution in [0.3, 0.4) is 0 Å². The number of pyridine rings is 1. The van der Waals surface area contributed by atoms with E-state index in [1.807, 2.05) is 6.07 Å². The Morgan fingerprint density at radius 3 is 2.41 bits per heavy atom. The van der Waals surface area contributed by atoms with Crippen LogP contribution < -0.4 is 16.0 Å². The van der Waals surface area contributed by atoms with Crippen molar-refractivity contribution in [1.82, 2.24) is 10.3 Å². The molecule has 34 heavy (non-hydrogen) atoms. The minimum atomic E-state index is -1.07. The van der Waals surface area contributed by atoms with Crippen LogP contribution in [0.2, 0.25) is 0 Å². The Morgan fingerprint density at radius 1 is 1.15 bits per heavy atom. The van der Waals surface area contributed by atoms with Gasteiger partial charge in [0.1, 0.15) is 11.7 Å². The molecule has 1 aromatic heterocycles. The summed E-state index contributed by atoms with van der Waals surface area (Å²) in [5.41, 5.74) is -0.617. The number of aromatic nitrogens is 1. The van der Waals surface area contributed by atoms with E-state index in [2.05, 4.69) is 20.9 Å². The number of benzene rings is 1. The molecule has 182 valence electrons. The number of nitrogens with zero attached hydrogens (tertiary/aromatic N) is 2. The fourth-order valence-electron chi connectivity index (χ4n) is 3.67. The van der Waals surface area contributed by atoms with Crippen molar-refractivity contribution in [2.24, 2.45) is 5.92 Å². The fourth-order valence-corrected chi connectivity index (χ4v) is 3.67. The predicted molar refractivity (Wildman–Crippen MR) is 122 cm³/mol. The highest BCUT2D eigenvalue weighted by Gasteiger charge is 2.34. The number of anilines is 3. The maximum Gasteiger partial charge on any atom is 0.407 e. The molecule has 0 saturated heterocycles. The third-order valence-corrected chi connectivity index (χ3v) is 5.52. The molecule has 3 N–H and O–H groups in total. The molecular weight excluding hydrogens is 447 g/mol. The molecule has 10 heteroatoms. The van der Waals surface area contributed by atoms with Gasteiger partial charge in [0.05, 0.1) is 11.6 Å². The minimum Gasteiger partial charge on any atom is -0.444 e. The normalized spacial score (nSPS) is 15.5. The molecule has 2 atom stereocenters. The van der Waals surface area contributed by atoms with E-state index in [4.69, 9.17) is 4.74 Å². The molecule has 0 aliphatic heterocycles. The molecule has 1 fully saturated rings. The monoisotopic (exact) mass is 475 g/mol. The number of nitriles is 1. The maximum atomic E-state index is 14.8. The molecular formula is C24H28F3N5O2. The Labute approximate surface area is 196 Å². The molecule has 1 aliphatic rings. The minimum absolute atomic E-state index is 0.0162. The van der Waals surface area contributed by atoms with Gasteiger partial charge in [-0.05, 0) is 64.7 Å². The molecule has 0 bridgehead atoms. The summed E-state index contributed by atoms with van der Waals surface area (Å²) >= 11 is 0. The average molecular weight is 476 g/mol. The first-order valence-corrected chi connectivity index (χ1v) is 11.1. The van der Waals surface area contributed by atoms with Gasteiger partial charge in [-0.2, -0.15) is 5.26 Å². The standard InChI is InChI=1S/C24H28F3N5O2/c1-13(29-23(33)34-24(2,3)4)20(14-6-5-7-14)31-22-19(27)10-15(12-28)21(32-22)30-16-8-9-17(25)18(26)11-16/h8-11,13-14,20H,5-7H2,1-4H3,(H,29,33)(H2,30,31,32)/t13-,20-/m0/s1. The molecule has 2 aromatic rings. The number of nitrogens with one attached hydrogen (secondary N) is 3. The second-order valence-corrected chi connectivity index (χ2v) is 9.38. The fraction of sp³-hybridized carbons (Fsp3) is 0.458. The number of alkyl carbamates (subject to hydrolysis) is 1. The SMILES string of the molecule is C[C@H](NC(=O)OC(C)(C)C)[C@H](Nc1nc(Nc2ccc(F)c(F)c2)c(C#N)cc1F)C1CCC1. The third kappa shape index (κ3) is 6.31. The number of hydrogen-bond acceptors (Lipinski definition) is 6. The third-order valence-electron chi connectivity index (χ3n) is 5.52. The lowest BCUT2D eigenvalue weighted by Crippen LogP contribution is -2.51. The highest BCUT2D eigenvalue weighted by Crippen LogP contribution is 2.34. The molecule has 1 amide bonds. The van der Waals surface area contributed by atoms with E-state index in [1.54, 1.807) is 27.7 Å². The van der Waals surface area contributed by atoms with Crippen LogP contribution in [0.1, 0.15) is 52.5 Å². The number of halogens is 3. The number of ether oxygens (including phenoxy) is 1. The quantitative estimate of drug-likeness (QED) is 0.482. The molecule has 3 rings (SSSR count). The Bertz CT molecular complexity index is 1090. The molecule has 1 aliphatic carbocycles. The zero-order valence-electron chi connectivity index (χ0n) is 19.5. The van der Waals surface area contributed by atoms with Crippen LogP contribution in [0, 0.1) is 34.7 Å². The largest absolute Gasteiger partial charge is 0.444 e. The van der Waals surface area contributed by atoms with E-state index in [9.17, 15) is 23.2 Å². The van der Waals surface area contributed by atoms with Crippen LogP contribution in [-0.2, 0) is 4.74 Å². The van der Waals surface area contributed by atoms with E-state index < -0.39 is 35.2 Å². The van der Waals surface area contributed by atoms with E-state index in [1.165, 1.54) is 6.07 Å².